The highest BCUT2D eigenvalue weighted by Crippen LogP contribution is 2.29. The van der Waals surface area contributed by atoms with Crippen molar-refractivity contribution in [3.8, 4) is 0 Å². The molecule has 1 rings (SSSR count). The van der Waals surface area contributed by atoms with Gasteiger partial charge in [-0.2, -0.15) is 0 Å². The third-order valence-electron chi connectivity index (χ3n) is 2.98. The van der Waals surface area contributed by atoms with Crippen LogP contribution in [0.5, 0.6) is 0 Å². The van der Waals surface area contributed by atoms with Gasteiger partial charge in [0.25, 0.3) is 0 Å². The fourth-order valence-corrected chi connectivity index (χ4v) is 1.73. The highest BCUT2D eigenvalue weighted by molar-refractivity contribution is 5.92. The Balaban J connectivity index is 2.84. The van der Waals surface area contributed by atoms with E-state index < -0.39 is 11.6 Å². The molecule has 1 aliphatic rings. The maximum atomic E-state index is 11.2. The number of methoxy groups -OCH3 is 1. The van der Waals surface area contributed by atoms with Crippen LogP contribution in [0.4, 0.5) is 0 Å². The average Bonchev–Trinajstić information content (AvgIpc) is 2.32. The van der Waals surface area contributed by atoms with E-state index in [1.807, 2.05) is 0 Å². The molecule has 1 N–H and O–H groups in total. The largest absolute Gasteiger partial charge is 0.466 e. The van der Waals surface area contributed by atoms with Gasteiger partial charge in [-0.05, 0) is 43.6 Å². The van der Waals surface area contributed by atoms with E-state index in [1.54, 1.807) is 26.0 Å². The zero-order chi connectivity index (χ0) is 13.8. The predicted octanol–water partition coefficient (Wildman–Crippen LogP) is 1.70. The van der Waals surface area contributed by atoms with Gasteiger partial charge in [0.05, 0.1) is 7.11 Å². The number of ketones is 1. The monoisotopic (exact) mass is 250 g/mol. The quantitative estimate of drug-likeness (QED) is 0.470. The van der Waals surface area contributed by atoms with E-state index in [0.29, 0.717) is 24.0 Å². The number of esters is 1. The molecule has 4 heteroatoms. The minimum atomic E-state index is -1.10. The summed E-state index contributed by atoms with van der Waals surface area (Å²) < 4.78 is 4.51. The second kappa shape index (κ2) is 5.78. The van der Waals surface area contributed by atoms with Crippen LogP contribution in [0.1, 0.15) is 26.7 Å². The van der Waals surface area contributed by atoms with E-state index in [1.165, 1.54) is 19.3 Å². The smallest absolute Gasteiger partial charge is 0.330 e. The lowest BCUT2D eigenvalue weighted by molar-refractivity contribution is -0.134. The molecule has 1 unspecified atom stereocenters. The van der Waals surface area contributed by atoms with Crippen LogP contribution in [0.2, 0.25) is 0 Å². The molecule has 0 heterocycles. The van der Waals surface area contributed by atoms with Gasteiger partial charge in [0.15, 0.2) is 5.78 Å². The van der Waals surface area contributed by atoms with Crippen LogP contribution in [0.3, 0.4) is 0 Å². The lowest BCUT2D eigenvalue weighted by Gasteiger charge is -2.28. The van der Waals surface area contributed by atoms with Crippen LogP contribution in [0, 0.1) is 0 Å². The average molecular weight is 250 g/mol. The summed E-state index contributed by atoms with van der Waals surface area (Å²) in [6.45, 7) is 3.46. The summed E-state index contributed by atoms with van der Waals surface area (Å²) in [7, 11) is 1.31. The Labute approximate surface area is 107 Å². The van der Waals surface area contributed by atoms with Crippen molar-refractivity contribution in [2.24, 2.45) is 0 Å². The number of allylic oxidation sites excluding steroid dienone is 3. The van der Waals surface area contributed by atoms with Crippen molar-refractivity contribution in [1.82, 2.24) is 0 Å². The molecule has 0 saturated carbocycles. The molecule has 0 aromatic rings. The molecule has 4 nitrogen and oxygen atoms in total. The molecule has 0 bridgehead atoms. The van der Waals surface area contributed by atoms with Crippen LogP contribution in [-0.4, -0.2) is 29.6 Å². The van der Waals surface area contributed by atoms with Gasteiger partial charge >= 0.3 is 5.97 Å². The Morgan fingerprint density at radius 3 is 2.78 bits per heavy atom. The van der Waals surface area contributed by atoms with E-state index in [9.17, 15) is 14.7 Å². The standard InChI is InChI=1S/C14H18O4/c1-10(8-13(16)18-3)4-6-14(17)7-5-12(15)9-11(14)2/h4,6,8-9,17H,5,7H2,1-3H3/b6-4+,10-8-. The number of ether oxygens (including phenoxy) is 1. The molecular weight excluding hydrogens is 232 g/mol. The second-order valence-electron chi connectivity index (χ2n) is 4.46. The van der Waals surface area contributed by atoms with Gasteiger partial charge in [-0.25, -0.2) is 4.79 Å². The zero-order valence-electron chi connectivity index (χ0n) is 10.9. The van der Waals surface area contributed by atoms with E-state index in [4.69, 9.17) is 0 Å². The van der Waals surface area contributed by atoms with Gasteiger partial charge in [0.2, 0.25) is 0 Å². The third kappa shape index (κ3) is 3.67. The summed E-state index contributed by atoms with van der Waals surface area (Å²) in [4.78, 5) is 22.2. The lowest BCUT2D eigenvalue weighted by atomic mass is 9.83. The van der Waals surface area contributed by atoms with Crippen molar-refractivity contribution in [2.45, 2.75) is 32.3 Å². The lowest BCUT2D eigenvalue weighted by Crippen LogP contribution is -2.32. The van der Waals surface area contributed by atoms with Crippen molar-refractivity contribution >= 4 is 11.8 Å². The molecule has 0 amide bonds. The molecule has 98 valence electrons. The van der Waals surface area contributed by atoms with Gasteiger partial charge in [-0.15, -0.1) is 0 Å². The molecule has 1 atom stereocenters. The highest BCUT2D eigenvalue weighted by Gasteiger charge is 2.30. The summed E-state index contributed by atoms with van der Waals surface area (Å²) in [6.07, 6.45) is 6.78. The topological polar surface area (TPSA) is 63.6 Å². The van der Waals surface area contributed by atoms with Crippen LogP contribution in [0.15, 0.2) is 35.5 Å². The Hall–Kier alpha value is -1.68. The molecule has 0 aromatic heterocycles. The Morgan fingerprint density at radius 2 is 2.22 bits per heavy atom. The predicted molar refractivity (Wildman–Crippen MR) is 67.9 cm³/mol. The number of hydrogen-bond donors (Lipinski definition) is 1. The molecule has 0 saturated heterocycles. The van der Waals surface area contributed by atoms with Crippen molar-refractivity contribution in [3.63, 3.8) is 0 Å². The van der Waals surface area contributed by atoms with E-state index in [0.717, 1.165) is 0 Å². The Morgan fingerprint density at radius 1 is 1.56 bits per heavy atom. The number of hydrogen-bond acceptors (Lipinski definition) is 4. The maximum absolute atomic E-state index is 11.2. The minimum absolute atomic E-state index is 0.0346. The van der Waals surface area contributed by atoms with Gasteiger partial charge in [0, 0.05) is 12.5 Å². The maximum Gasteiger partial charge on any atom is 0.330 e. The van der Waals surface area contributed by atoms with Crippen molar-refractivity contribution in [2.75, 3.05) is 7.11 Å². The van der Waals surface area contributed by atoms with Crippen molar-refractivity contribution in [3.05, 3.63) is 35.5 Å². The van der Waals surface area contributed by atoms with Crippen LogP contribution in [-0.2, 0) is 14.3 Å². The van der Waals surface area contributed by atoms with Gasteiger partial charge in [0.1, 0.15) is 5.60 Å². The number of aliphatic hydroxyl groups is 1. The van der Waals surface area contributed by atoms with E-state index >= 15 is 0 Å². The molecule has 0 spiro atoms. The number of carbonyl (C=O) groups excluding carboxylic acids is 2. The van der Waals surface area contributed by atoms with Crippen LogP contribution in [0.25, 0.3) is 0 Å². The third-order valence-corrected chi connectivity index (χ3v) is 2.98. The molecular formula is C14H18O4. The summed E-state index contributed by atoms with van der Waals surface area (Å²) >= 11 is 0. The molecule has 18 heavy (non-hydrogen) atoms. The van der Waals surface area contributed by atoms with Gasteiger partial charge in [-0.3, -0.25) is 4.79 Å². The van der Waals surface area contributed by atoms with Gasteiger partial charge in [-0.1, -0.05) is 6.08 Å². The van der Waals surface area contributed by atoms with Gasteiger partial charge < -0.3 is 9.84 Å². The summed E-state index contributed by atoms with van der Waals surface area (Å²) in [5.41, 5.74) is 0.208. The first-order chi connectivity index (χ1) is 8.37. The first-order valence-electron chi connectivity index (χ1n) is 5.77. The fraction of sp³-hybridized carbons (Fsp3) is 0.429. The normalized spacial score (nSPS) is 25.2. The molecule has 1 aliphatic carbocycles. The Bertz CT molecular complexity index is 443. The minimum Gasteiger partial charge on any atom is -0.466 e. The fourth-order valence-electron chi connectivity index (χ4n) is 1.73. The molecule has 0 aliphatic heterocycles. The van der Waals surface area contributed by atoms with E-state index in [2.05, 4.69) is 4.74 Å². The highest BCUT2D eigenvalue weighted by atomic mass is 16.5. The van der Waals surface area contributed by atoms with E-state index in [-0.39, 0.29) is 5.78 Å². The molecule has 0 fully saturated rings. The summed E-state index contributed by atoms with van der Waals surface area (Å²) in [5, 5.41) is 10.3. The number of carbonyl (C=O) groups is 2. The summed E-state index contributed by atoms with van der Waals surface area (Å²) in [6, 6.07) is 0. The molecule has 0 radical (unpaired) electrons. The number of rotatable bonds is 3. The first kappa shape index (κ1) is 14.4. The Kier molecular flexibility index (Phi) is 4.62. The second-order valence-corrected chi connectivity index (χ2v) is 4.46. The SMILES string of the molecule is COC(=O)/C=C(C)\C=C\C1(O)CCC(=O)C=C1C. The first-order valence-corrected chi connectivity index (χ1v) is 5.77. The van der Waals surface area contributed by atoms with Crippen molar-refractivity contribution in [1.29, 1.82) is 0 Å². The summed E-state index contributed by atoms with van der Waals surface area (Å²) in [5.74, 6) is -0.400. The van der Waals surface area contributed by atoms with Crippen molar-refractivity contribution < 1.29 is 19.4 Å². The van der Waals surface area contributed by atoms with Crippen LogP contribution < -0.4 is 0 Å². The zero-order valence-corrected chi connectivity index (χ0v) is 10.9. The molecule has 0 aromatic carbocycles. The van der Waals surface area contributed by atoms with Crippen LogP contribution >= 0.6 is 0 Å².